The number of hydrogen-bond acceptors (Lipinski definition) is 5. The summed E-state index contributed by atoms with van der Waals surface area (Å²) in [6, 6.07) is -0.442. The van der Waals surface area contributed by atoms with E-state index in [1.807, 2.05) is 20.1 Å². The van der Waals surface area contributed by atoms with Crippen LogP contribution in [-0.4, -0.2) is 29.1 Å². The molecule has 0 aromatic carbocycles. The van der Waals surface area contributed by atoms with Crippen LogP contribution in [0.1, 0.15) is 23.4 Å². The number of carbonyl (C=O) groups excluding carboxylic acids is 1. The van der Waals surface area contributed by atoms with Crippen LogP contribution in [0.3, 0.4) is 0 Å². The van der Waals surface area contributed by atoms with E-state index in [9.17, 15) is 4.79 Å². The highest BCUT2D eigenvalue weighted by molar-refractivity contribution is 7.98. The van der Waals surface area contributed by atoms with Crippen molar-refractivity contribution in [3.05, 3.63) is 17.0 Å². The van der Waals surface area contributed by atoms with Gasteiger partial charge in [0.25, 0.3) is 0 Å². The molecule has 0 aliphatic carbocycles. The largest absolute Gasteiger partial charge is 0.361 e. The Labute approximate surface area is 105 Å². The molecule has 0 unspecified atom stereocenters. The zero-order chi connectivity index (χ0) is 12.8. The van der Waals surface area contributed by atoms with Crippen molar-refractivity contribution in [3.8, 4) is 0 Å². The SMILES string of the molecule is CSCC[C@@H](N)C(=O)NCc1c(C)noc1C. The summed E-state index contributed by atoms with van der Waals surface area (Å²) in [4.78, 5) is 11.7. The Morgan fingerprint density at radius 2 is 2.29 bits per heavy atom. The third-order valence-corrected chi connectivity index (χ3v) is 3.23. The van der Waals surface area contributed by atoms with Gasteiger partial charge in [0.05, 0.1) is 11.7 Å². The lowest BCUT2D eigenvalue weighted by atomic mass is 10.2. The van der Waals surface area contributed by atoms with E-state index in [2.05, 4.69) is 10.5 Å². The van der Waals surface area contributed by atoms with Crippen LogP contribution in [0, 0.1) is 13.8 Å². The molecule has 1 heterocycles. The molecule has 17 heavy (non-hydrogen) atoms. The van der Waals surface area contributed by atoms with Crippen LogP contribution in [0.25, 0.3) is 0 Å². The topological polar surface area (TPSA) is 81.2 Å². The van der Waals surface area contributed by atoms with Crippen molar-refractivity contribution in [2.75, 3.05) is 12.0 Å². The molecule has 5 nitrogen and oxygen atoms in total. The first-order valence-corrected chi connectivity index (χ1v) is 6.89. The maximum absolute atomic E-state index is 11.7. The Morgan fingerprint density at radius 3 is 2.82 bits per heavy atom. The van der Waals surface area contributed by atoms with Crippen LogP contribution in [0.4, 0.5) is 0 Å². The van der Waals surface area contributed by atoms with Crippen LogP contribution >= 0.6 is 11.8 Å². The lowest BCUT2D eigenvalue weighted by Gasteiger charge is -2.11. The molecular weight excluding hydrogens is 238 g/mol. The second-order valence-electron chi connectivity index (χ2n) is 3.91. The predicted octanol–water partition coefficient (Wildman–Crippen LogP) is 0.988. The van der Waals surface area contributed by atoms with Crippen molar-refractivity contribution in [3.63, 3.8) is 0 Å². The van der Waals surface area contributed by atoms with Gasteiger partial charge in [0, 0.05) is 12.1 Å². The quantitative estimate of drug-likeness (QED) is 0.794. The van der Waals surface area contributed by atoms with Gasteiger partial charge >= 0.3 is 0 Å². The fourth-order valence-corrected chi connectivity index (χ4v) is 1.93. The molecule has 6 heteroatoms. The lowest BCUT2D eigenvalue weighted by Crippen LogP contribution is -2.40. The highest BCUT2D eigenvalue weighted by atomic mass is 32.2. The number of amides is 1. The van der Waals surface area contributed by atoms with Crippen LogP contribution in [-0.2, 0) is 11.3 Å². The molecule has 0 aliphatic rings. The summed E-state index contributed by atoms with van der Waals surface area (Å²) in [7, 11) is 0. The average molecular weight is 257 g/mol. The Kier molecular flexibility index (Phi) is 5.50. The van der Waals surface area contributed by atoms with Crippen LogP contribution in [0.15, 0.2) is 4.52 Å². The summed E-state index contributed by atoms with van der Waals surface area (Å²) in [5.41, 5.74) is 7.49. The van der Waals surface area contributed by atoms with Gasteiger partial charge in [-0.05, 0) is 32.3 Å². The fraction of sp³-hybridized carbons (Fsp3) is 0.636. The lowest BCUT2D eigenvalue weighted by molar-refractivity contribution is -0.122. The van der Waals surface area contributed by atoms with E-state index in [0.717, 1.165) is 22.8 Å². The minimum atomic E-state index is -0.442. The zero-order valence-corrected chi connectivity index (χ0v) is 11.3. The van der Waals surface area contributed by atoms with Crippen molar-refractivity contribution in [2.45, 2.75) is 32.9 Å². The molecule has 0 aliphatic heterocycles. The Hall–Kier alpha value is -1.01. The fourth-order valence-electron chi connectivity index (χ4n) is 1.44. The van der Waals surface area contributed by atoms with Crippen molar-refractivity contribution in [2.24, 2.45) is 5.73 Å². The van der Waals surface area contributed by atoms with Gasteiger partial charge in [0.1, 0.15) is 5.76 Å². The Balaban J connectivity index is 2.43. The van der Waals surface area contributed by atoms with Crippen LogP contribution < -0.4 is 11.1 Å². The normalized spacial score (nSPS) is 12.5. The number of nitrogens with two attached hydrogens (primary N) is 1. The molecule has 0 fully saturated rings. The number of carbonyl (C=O) groups is 1. The molecular formula is C11H19N3O2S. The van der Waals surface area contributed by atoms with Crippen LogP contribution in [0.5, 0.6) is 0 Å². The van der Waals surface area contributed by atoms with E-state index in [1.54, 1.807) is 11.8 Å². The first-order chi connectivity index (χ1) is 8.06. The van der Waals surface area contributed by atoms with Gasteiger partial charge in [-0.2, -0.15) is 11.8 Å². The van der Waals surface area contributed by atoms with Crippen molar-refractivity contribution < 1.29 is 9.32 Å². The summed E-state index contributed by atoms with van der Waals surface area (Å²) < 4.78 is 5.02. The van der Waals surface area contributed by atoms with Crippen molar-refractivity contribution in [1.82, 2.24) is 10.5 Å². The molecule has 0 radical (unpaired) electrons. The van der Waals surface area contributed by atoms with Crippen LogP contribution in [0.2, 0.25) is 0 Å². The van der Waals surface area contributed by atoms with Gasteiger partial charge in [-0.25, -0.2) is 0 Å². The average Bonchev–Trinajstić information content (AvgIpc) is 2.63. The van der Waals surface area contributed by atoms with Gasteiger partial charge in [0.15, 0.2) is 0 Å². The van der Waals surface area contributed by atoms with E-state index in [-0.39, 0.29) is 5.91 Å². The van der Waals surface area contributed by atoms with Gasteiger partial charge in [-0.15, -0.1) is 0 Å². The summed E-state index contributed by atoms with van der Waals surface area (Å²) in [5.74, 6) is 1.50. The molecule has 1 amide bonds. The summed E-state index contributed by atoms with van der Waals surface area (Å²) >= 11 is 1.68. The van der Waals surface area contributed by atoms with E-state index >= 15 is 0 Å². The minimum Gasteiger partial charge on any atom is -0.361 e. The predicted molar refractivity (Wildman–Crippen MR) is 68.8 cm³/mol. The molecule has 3 N–H and O–H groups in total. The zero-order valence-electron chi connectivity index (χ0n) is 10.4. The second-order valence-corrected chi connectivity index (χ2v) is 4.89. The van der Waals surface area contributed by atoms with Gasteiger partial charge in [-0.1, -0.05) is 5.16 Å². The molecule has 1 aromatic rings. The van der Waals surface area contributed by atoms with E-state index in [1.165, 1.54) is 0 Å². The highest BCUT2D eigenvalue weighted by Crippen LogP contribution is 2.11. The molecule has 1 atom stereocenters. The first-order valence-electron chi connectivity index (χ1n) is 5.50. The monoisotopic (exact) mass is 257 g/mol. The Bertz CT molecular complexity index is 359. The first kappa shape index (κ1) is 14.1. The maximum Gasteiger partial charge on any atom is 0.237 e. The third-order valence-electron chi connectivity index (χ3n) is 2.59. The van der Waals surface area contributed by atoms with E-state index in [4.69, 9.17) is 10.3 Å². The second kappa shape index (κ2) is 6.66. The number of rotatable bonds is 6. The van der Waals surface area contributed by atoms with Gasteiger partial charge in [0.2, 0.25) is 5.91 Å². The molecule has 0 bridgehead atoms. The molecule has 0 spiro atoms. The minimum absolute atomic E-state index is 0.126. The molecule has 0 saturated carbocycles. The van der Waals surface area contributed by atoms with E-state index < -0.39 is 6.04 Å². The third kappa shape index (κ3) is 4.05. The summed E-state index contributed by atoms with van der Waals surface area (Å²) in [6.07, 6.45) is 2.68. The van der Waals surface area contributed by atoms with E-state index in [0.29, 0.717) is 13.0 Å². The molecule has 0 saturated heterocycles. The number of aryl methyl sites for hydroxylation is 2. The number of nitrogens with one attached hydrogen (secondary N) is 1. The number of nitrogens with zero attached hydrogens (tertiary/aromatic N) is 1. The summed E-state index contributed by atoms with van der Waals surface area (Å²) in [6.45, 7) is 4.10. The maximum atomic E-state index is 11.7. The van der Waals surface area contributed by atoms with Gasteiger partial charge in [-0.3, -0.25) is 4.79 Å². The van der Waals surface area contributed by atoms with Gasteiger partial charge < -0.3 is 15.6 Å². The Morgan fingerprint density at radius 1 is 1.59 bits per heavy atom. The standard InChI is InChI=1S/C11H19N3O2S/c1-7-9(8(2)16-14-7)6-13-11(15)10(12)4-5-17-3/h10H,4-6,12H2,1-3H3,(H,13,15)/t10-/m1/s1. The summed E-state index contributed by atoms with van der Waals surface area (Å²) in [5, 5.41) is 6.63. The molecule has 1 aromatic heterocycles. The number of aromatic nitrogens is 1. The molecule has 1 rings (SSSR count). The smallest absolute Gasteiger partial charge is 0.237 e. The van der Waals surface area contributed by atoms with Crippen molar-refractivity contribution >= 4 is 17.7 Å². The van der Waals surface area contributed by atoms with Crippen molar-refractivity contribution in [1.29, 1.82) is 0 Å². The number of hydrogen-bond donors (Lipinski definition) is 2. The molecule has 96 valence electrons. The number of thioether (sulfide) groups is 1. The highest BCUT2D eigenvalue weighted by Gasteiger charge is 2.15.